The molecule has 0 atom stereocenters. The highest BCUT2D eigenvalue weighted by molar-refractivity contribution is 6.30. The number of rotatable bonds is 4. The third-order valence-corrected chi connectivity index (χ3v) is 2.62. The number of hydrogen-bond donors (Lipinski definition) is 0. The zero-order chi connectivity index (χ0) is 13.1. The minimum absolute atomic E-state index is 0.0455. The Morgan fingerprint density at radius 3 is 2.41 bits per heavy atom. The molecule has 0 fully saturated rings. The number of halogens is 4. The second-order valence-corrected chi connectivity index (χ2v) is 3.97. The van der Waals surface area contributed by atoms with Gasteiger partial charge >= 0.3 is 6.18 Å². The number of alkyl halides is 3. The lowest BCUT2D eigenvalue weighted by atomic mass is 10.2. The molecule has 0 radical (unpaired) electrons. The number of aromatic nitrogens is 2. The fraction of sp³-hybridized carbons (Fsp3) is 0.600. The summed E-state index contributed by atoms with van der Waals surface area (Å²) in [6.45, 7) is 3.43. The zero-order valence-electron chi connectivity index (χ0n) is 9.44. The van der Waals surface area contributed by atoms with E-state index in [4.69, 9.17) is 16.3 Å². The molecule has 0 saturated carbocycles. The van der Waals surface area contributed by atoms with E-state index >= 15 is 0 Å². The predicted molar refractivity (Wildman–Crippen MR) is 57.3 cm³/mol. The molecule has 0 amide bonds. The highest BCUT2D eigenvalue weighted by Crippen LogP contribution is 2.24. The highest BCUT2D eigenvalue weighted by atomic mass is 35.5. The highest BCUT2D eigenvalue weighted by Gasteiger charge is 2.26. The summed E-state index contributed by atoms with van der Waals surface area (Å²) < 4.78 is 40.8. The van der Waals surface area contributed by atoms with Crippen LogP contribution >= 0.6 is 11.6 Å². The van der Waals surface area contributed by atoms with Crippen molar-refractivity contribution < 1.29 is 17.9 Å². The van der Waals surface area contributed by atoms with E-state index in [0.717, 1.165) is 0 Å². The Morgan fingerprint density at radius 1 is 1.18 bits per heavy atom. The zero-order valence-corrected chi connectivity index (χ0v) is 10.2. The summed E-state index contributed by atoms with van der Waals surface area (Å²) in [4.78, 5) is 0. The molecule has 0 aliphatic heterocycles. The maximum absolute atomic E-state index is 11.9. The number of hydrogen-bond acceptors (Lipinski definition) is 3. The molecular formula is C10H12ClF3N2O. The molecule has 7 heteroatoms. The van der Waals surface area contributed by atoms with Gasteiger partial charge in [-0.05, 0) is 25.8 Å². The maximum atomic E-state index is 11.9. The quantitative estimate of drug-likeness (QED) is 0.785. The van der Waals surface area contributed by atoms with Crippen molar-refractivity contribution >= 4 is 11.6 Å². The molecule has 1 rings (SSSR count). The summed E-state index contributed by atoms with van der Waals surface area (Å²) >= 11 is 5.73. The molecule has 1 aromatic heterocycles. The van der Waals surface area contributed by atoms with Gasteiger partial charge in [-0.3, -0.25) is 0 Å². The minimum Gasteiger partial charge on any atom is -0.476 e. The van der Waals surface area contributed by atoms with E-state index in [1.807, 2.05) is 0 Å². The lowest BCUT2D eigenvalue weighted by molar-refractivity contribution is -0.136. The second-order valence-electron chi connectivity index (χ2n) is 3.61. The Kier molecular flexibility index (Phi) is 4.56. The summed E-state index contributed by atoms with van der Waals surface area (Å²) in [6, 6.07) is 0. The summed E-state index contributed by atoms with van der Waals surface area (Å²) in [7, 11) is 0. The van der Waals surface area contributed by atoms with Crippen molar-refractivity contribution in [3.05, 3.63) is 16.3 Å². The first-order valence-electron chi connectivity index (χ1n) is 5.00. The van der Waals surface area contributed by atoms with Crippen LogP contribution in [0.25, 0.3) is 0 Å². The summed E-state index contributed by atoms with van der Waals surface area (Å²) in [6.07, 6.45) is -5.13. The van der Waals surface area contributed by atoms with Crippen LogP contribution in [0.2, 0.25) is 5.15 Å². The topological polar surface area (TPSA) is 35.0 Å². The Morgan fingerprint density at radius 2 is 1.82 bits per heavy atom. The van der Waals surface area contributed by atoms with Gasteiger partial charge in [-0.15, -0.1) is 10.2 Å². The third-order valence-electron chi connectivity index (χ3n) is 2.26. The molecule has 0 bridgehead atoms. The monoisotopic (exact) mass is 268 g/mol. The number of nitrogens with zero attached hydrogens (tertiary/aromatic N) is 2. The lowest BCUT2D eigenvalue weighted by Gasteiger charge is -2.10. The molecule has 0 saturated heterocycles. The van der Waals surface area contributed by atoms with Gasteiger partial charge in [0.25, 0.3) is 0 Å². The average molecular weight is 269 g/mol. The Bertz CT molecular complexity index is 396. The average Bonchev–Trinajstić information content (AvgIpc) is 2.22. The van der Waals surface area contributed by atoms with Gasteiger partial charge in [0.2, 0.25) is 5.88 Å². The number of ether oxygens (including phenoxy) is 1. The van der Waals surface area contributed by atoms with Crippen molar-refractivity contribution in [3.63, 3.8) is 0 Å². The maximum Gasteiger partial charge on any atom is 0.389 e. The van der Waals surface area contributed by atoms with Crippen LogP contribution in [0.15, 0.2) is 0 Å². The lowest BCUT2D eigenvalue weighted by Crippen LogP contribution is -2.10. The molecule has 0 aromatic carbocycles. The van der Waals surface area contributed by atoms with E-state index in [9.17, 15) is 13.2 Å². The molecule has 1 heterocycles. The van der Waals surface area contributed by atoms with Gasteiger partial charge < -0.3 is 4.74 Å². The standard InChI is InChI=1S/C10H12ClF3N2O/c1-6-7(2)9(16-15-8(6)11)17-5-3-4-10(12,13)14/h3-5H2,1-2H3. The van der Waals surface area contributed by atoms with E-state index in [0.29, 0.717) is 11.1 Å². The molecule has 0 spiro atoms. The van der Waals surface area contributed by atoms with Gasteiger partial charge in [0.15, 0.2) is 5.15 Å². The van der Waals surface area contributed by atoms with Gasteiger partial charge in [-0.25, -0.2) is 0 Å². The van der Waals surface area contributed by atoms with Gasteiger partial charge in [0, 0.05) is 12.0 Å². The largest absolute Gasteiger partial charge is 0.476 e. The first-order valence-corrected chi connectivity index (χ1v) is 5.38. The Balaban J connectivity index is 2.51. The van der Waals surface area contributed by atoms with Crippen LogP contribution in [-0.4, -0.2) is 23.0 Å². The summed E-state index contributed by atoms with van der Waals surface area (Å²) in [5.41, 5.74) is 1.41. The fourth-order valence-corrected chi connectivity index (χ4v) is 1.31. The Hall–Kier alpha value is -1.04. The van der Waals surface area contributed by atoms with Crippen LogP contribution in [0.3, 0.4) is 0 Å². The fourth-order valence-electron chi connectivity index (χ4n) is 1.13. The SMILES string of the molecule is Cc1c(Cl)nnc(OCCCC(F)(F)F)c1C. The van der Waals surface area contributed by atoms with Crippen molar-refractivity contribution in [1.29, 1.82) is 0 Å². The van der Waals surface area contributed by atoms with Crippen LogP contribution in [-0.2, 0) is 0 Å². The normalized spacial score (nSPS) is 11.6. The molecule has 96 valence electrons. The van der Waals surface area contributed by atoms with Gasteiger partial charge in [-0.2, -0.15) is 13.2 Å². The Labute approximate surface area is 102 Å². The molecule has 0 unspecified atom stereocenters. The minimum atomic E-state index is -4.15. The molecule has 1 aromatic rings. The third kappa shape index (κ3) is 4.38. The van der Waals surface area contributed by atoms with Crippen molar-refractivity contribution in [2.24, 2.45) is 0 Å². The predicted octanol–water partition coefficient (Wildman–Crippen LogP) is 3.47. The smallest absolute Gasteiger partial charge is 0.389 e. The molecule has 17 heavy (non-hydrogen) atoms. The second kappa shape index (κ2) is 5.53. The van der Waals surface area contributed by atoms with E-state index in [1.54, 1.807) is 13.8 Å². The van der Waals surface area contributed by atoms with Crippen molar-refractivity contribution in [2.45, 2.75) is 32.9 Å². The first-order chi connectivity index (χ1) is 7.81. The van der Waals surface area contributed by atoms with E-state index in [1.165, 1.54) is 0 Å². The van der Waals surface area contributed by atoms with E-state index < -0.39 is 12.6 Å². The molecule has 0 aliphatic rings. The molecule has 0 N–H and O–H groups in total. The van der Waals surface area contributed by atoms with Crippen LogP contribution in [0.1, 0.15) is 24.0 Å². The van der Waals surface area contributed by atoms with Crippen LogP contribution < -0.4 is 4.74 Å². The van der Waals surface area contributed by atoms with Gasteiger partial charge in [0.1, 0.15) is 0 Å². The molecule has 3 nitrogen and oxygen atoms in total. The molecular weight excluding hydrogens is 257 g/mol. The molecule has 0 aliphatic carbocycles. The first kappa shape index (κ1) is 14.0. The van der Waals surface area contributed by atoms with Crippen molar-refractivity contribution in [1.82, 2.24) is 10.2 Å². The van der Waals surface area contributed by atoms with Gasteiger partial charge in [0.05, 0.1) is 6.61 Å². The summed E-state index contributed by atoms with van der Waals surface area (Å²) in [5, 5.41) is 7.59. The summed E-state index contributed by atoms with van der Waals surface area (Å²) in [5.74, 6) is 0.231. The van der Waals surface area contributed by atoms with Crippen LogP contribution in [0, 0.1) is 13.8 Å². The van der Waals surface area contributed by atoms with E-state index in [2.05, 4.69) is 10.2 Å². The van der Waals surface area contributed by atoms with Crippen molar-refractivity contribution in [2.75, 3.05) is 6.61 Å². The van der Waals surface area contributed by atoms with E-state index in [-0.39, 0.29) is 24.1 Å². The van der Waals surface area contributed by atoms with Gasteiger partial charge in [-0.1, -0.05) is 11.6 Å². The van der Waals surface area contributed by atoms with Crippen LogP contribution in [0.4, 0.5) is 13.2 Å². The van der Waals surface area contributed by atoms with Crippen LogP contribution in [0.5, 0.6) is 5.88 Å². The van der Waals surface area contributed by atoms with Crippen molar-refractivity contribution in [3.8, 4) is 5.88 Å².